The average Bonchev–Trinajstić information content (AvgIpc) is 2.24. The van der Waals surface area contributed by atoms with Crippen molar-refractivity contribution in [3.63, 3.8) is 0 Å². The van der Waals surface area contributed by atoms with Crippen LogP contribution in [0.4, 0.5) is 0 Å². The molecular weight excluding hydrogens is 672 g/mol. The van der Waals surface area contributed by atoms with Crippen LogP contribution in [0.2, 0.25) is 105 Å². The van der Waals surface area contributed by atoms with Gasteiger partial charge in [0, 0.05) is 0 Å². The summed E-state index contributed by atoms with van der Waals surface area (Å²) in [6.07, 6.45) is 0. The molecule has 0 nitrogen and oxygen atoms in total. The van der Waals surface area contributed by atoms with Crippen LogP contribution in [0, 0.1) is 0 Å². The van der Waals surface area contributed by atoms with Crippen LogP contribution in [0.25, 0.3) is 0 Å². The monoisotopic (exact) mass is 724 g/mol. The predicted molar refractivity (Wildman–Crippen MR) is 151 cm³/mol. The Hall–Kier alpha value is 3.31. The van der Waals surface area contributed by atoms with Crippen molar-refractivity contribution in [1.29, 1.82) is 0 Å². The summed E-state index contributed by atoms with van der Waals surface area (Å²) < 4.78 is -1.90. The van der Waals surface area contributed by atoms with Crippen LogP contribution in [-0.2, 0) is 0 Å². The average molecular weight is 720 g/mol. The Morgan fingerprint density at radius 3 is 0.654 bits per heavy atom. The topological polar surface area (TPSA) is 0 Å². The van der Waals surface area contributed by atoms with Crippen LogP contribution in [0.3, 0.4) is 0 Å². The SMILES string of the molecule is C[Si](C)(C)[Si]1([Si](C)(C)C)[Te][Te][Si]([Si](C)(C)C)([Si](C)(C)C)[Si](C)(C)[Si]1(C)C. The van der Waals surface area contributed by atoms with Gasteiger partial charge >= 0.3 is 190 Å². The van der Waals surface area contributed by atoms with Gasteiger partial charge in [0.25, 0.3) is 0 Å². The quantitative estimate of drug-likeness (QED) is 0.336. The Morgan fingerprint density at radius 2 is 0.538 bits per heavy atom. The third kappa shape index (κ3) is 3.52. The molecule has 26 heavy (non-hydrogen) atoms. The minimum absolute atomic E-state index is 0.395. The molecule has 0 bridgehead atoms. The summed E-state index contributed by atoms with van der Waals surface area (Å²) >= 11 is 0.791. The zero-order chi connectivity index (χ0) is 21.4. The molecule has 0 saturated carbocycles. The van der Waals surface area contributed by atoms with E-state index in [1.165, 1.54) is 0 Å². The molecule has 1 heterocycles. The van der Waals surface area contributed by atoms with Crippen molar-refractivity contribution < 1.29 is 0 Å². The molecule has 0 atom stereocenters. The molecule has 1 aliphatic heterocycles. The van der Waals surface area contributed by atoms with E-state index in [0.717, 1.165) is 0 Å². The van der Waals surface area contributed by atoms with Gasteiger partial charge < -0.3 is 0 Å². The van der Waals surface area contributed by atoms with Gasteiger partial charge in [0.05, 0.1) is 0 Å². The van der Waals surface area contributed by atoms with E-state index in [9.17, 15) is 0 Å². The van der Waals surface area contributed by atoms with Gasteiger partial charge in [-0.2, -0.15) is 0 Å². The minimum atomic E-state index is -1.10. The zero-order valence-corrected chi connectivity index (χ0v) is 33.5. The first kappa shape index (κ1) is 27.3. The van der Waals surface area contributed by atoms with Crippen molar-refractivity contribution >= 4 is 85.5 Å². The maximum absolute atomic E-state index is 3.07. The molecular formula is C16H48Si8Te2. The van der Waals surface area contributed by atoms with Gasteiger partial charge in [-0.1, -0.05) is 0 Å². The van der Waals surface area contributed by atoms with Crippen molar-refractivity contribution in [1.82, 2.24) is 0 Å². The molecule has 0 aromatic carbocycles. The van der Waals surface area contributed by atoms with Crippen LogP contribution in [0.15, 0.2) is 0 Å². The molecule has 1 rings (SSSR count). The normalized spacial score (nSPS) is 25.8. The van der Waals surface area contributed by atoms with Crippen molar-refractivity contribution in [3.05, 3.63) is 0 Å². The van der Waals surface area contributed by atoms with E-state index in [2.05, 4.69) is 105 Å². The summed E-state index contributed by atoms with van der Waals surface area (Å²) in [5.41, 5.74) is 0. The van der Waals surface area contributed by atoms with Gasteiger partial charge in [0.1, 0.15) is 0 Å². The third-order valence-electron chi connectivity index (χ3n) is 7.84. The molecule has 10 heteroatoms. The van der Waals surface area contributed by atoms with Gasteiger partial charge in [0.15, 0.2) is 0 Å². The maximum atomic E-state index is 3.07. The fourth-order valence-electron chi connectivity index (χ4n) is 7.71. The molecule has 1 fully saturated rings. The van der Waals surface area contributed by atoms with Crippen molar-refractivity contribution in [2.75, 3.05) is 0 Å². The Bertz CT molecular complexity index is 469. The van der Waals surface area contributed by atoms with Gasteiger partial charge in [-0.05, 0) is 0 Å². The summed E-state index contributed by atoms with van der Waals surface area (Å²) in [4.78, 5) is 0. The number of hydrogen-bond donors (Lipinski definition) is 0. The summed E-state index contributed by atoms with van der Waals surface area (Å²) in [6, 6.07) is 0. The Morgan fingerprint density at radius 1 is 0.385 bits per heavy atom. The molecule has 0 unspecified atom stereocenters. The Kier molecular flexibility index (Phi) is 7.82. The predicted octanol–water partition coefficient (Wildman–Crippen LogP) is 5.53. The van der Waals surface area contributed by atoms with Crippen LogP contribution < -0.4 is 0 Å². The third-order valence-corrected chi connectivity index (χ3v) is 391. The summed E-state index contributed by atoms with van der Waals surface area (Å²) in [5, 5.41) is 0. The molecule has 0 spiro atoms. The van der Waals surface area contributed by atoms with E-state index in [1.807, 2.05) is 0 Å². The Labute approximate surface area is 188 Å². The van der Waals surface area contributed by atoms with E-state index in [1.54, 1.807) is 0 Å². The molecule has 0 radical (unpaired) electrons. The molecule has 0 N–H and O–H groups in total. The second-order valence-electron chi connectivity index (χ2n) is 13.8. The van der Waals surface area contributed by atoms with E-state index < -0.39 is 52.9 Å². The fourth-order valence-corrected chi connectivity index (χ4v) is 811. The second-order valence-corrected chi connectivity index (χ2v) is 152. The standard InChI is InChI=1S/C16H48Si8Te2/c1-17(2,3)23(18(4,5)6)21(13,14)22(15,16)24(26-25-23,19(7,8)9)20(10,11)12/h1-16H3. The zero-order valence-electron chi connectivity index (χ0n) is 20.8. The van der Waals surface area contributed by atoms with Gasteiger partial charge in [-0.15, -0.1) is 0 Å². The molecule has 0 amide bonds. The molecule has 0 aliphatic carbocycles. The molecule has 0 aromatic rings. The second kappa shape index (κ2) is 7.43. The molecule has 156 valence electrons. The van der Waals surface area contributed by atoms with Crippen LogP contribution >= 0.6 is 0 Å². The van der Waals surface area contributed by atoms with E-state index in [4.69, 9.17) is 0 Å². The Balaban J connectivity index is 3.98. The van der Waals surface area contributed by atoms with E-state index in [0.29, 0.717) is 32.5 Å². The van der Waals surface area contributed by atoms with Crippen molar-refractivity contribution in [2.24, 2.45) is 0 Å². The van der Waals surface area contributed by atoms with Crippen molar-refractivity contribution in [2.45, 2.75) is 105 Å². The number of hydrogen-bond acceptors (Lipinski definition) is 0. The van der Waals surface area contributed by atoms with Gasteiger partial charge in [-0.3, -0.25) is 0 Å². The first-order valence-corrected chi connectivity index (χ1v) is 55.5. The van der Waals surface area contributed by atoms with Crippen LogP contribution in [-0.4, -0.2) is 85.5 Å². The number of rotatable bonds is 4. The first-order chi connectivity index (χ1) is 11.0. The van der Waals surface area contributed by atoms with E-state index >= 15 is 0 Å². The summed E-state index contributed by atoms with van der Waals surface area (Å²) in [5.74, 6) is 0. The van der Waals surface area contributed by atoms with Gasteiger partial charge in [0.2, 0.25) is 0 Å². The molecule has 1 saturated heterocycles. The van der Waals surface area contributed by atoms with E-state index in [-0.39, 0.29) is 0 Å². The molecule has 0 aromatic heterocycles. The summed E-state index contributed by atoms with van der Waals surface area (Å²) in [7, 11) is -6.23. The van der Waals surface area contributed by atoms with Crippen molar-refractivity contribution in [3.8, 4) is 0 Å². The molecule has 1 aliphatic rings. The van der Waals surface area contributed by atoms with Crippen LogP contribution in [0.5, 0.6) is 0 Å². The summed E-state index contributed by atoms with van der Waals surface area (Å²) in [6.45, 7) is 46.9. The van der Waals surface area contributed by atoms with Crippen LogP contribution in [0.1, 0.15) is 0 Å². The first-order valence-electron chi connectivity index (χ1n) is 10.3. The van der Waals surface area contributed by atoms with Gasteiger partial charge in [-0.25, -0.2) is 0 Å². The fraction of sp³-hybridized carbons (Fsp3) is 1.00.